The van der Waals surface area contributed by atoms with Gasteiger partial charge < -0.3 is 10.1 Å². The monoisotopic (exact) mass is 520 g/mol. The van der Waals surface area contributed by atoms with Gasteiger partial charge in [0.1, 0.15) is 0 Å². The number of halogens is 3. The van der Waals surface area contributed by atoms with Gasteiger partial charge in [-0.1, -0.05) is 18.2 Å². The lowest BCUT2D eigenvalue weighted by molar-refractivity contribution is -0.138. The predicted molar refractivity (Wildman–Crippen MR) is 139 cm³/mol. The third kappa shape index (κ3) is 4.60. The summed E-state index contributed by atoms with van der Waals surface area (Å²) in [5, 5.41) is 14.2. The Labute approximate surface area is 215 Å². The number of aryl methyl sites for hydroxylation is 3. The number of nitrogens with one attached hydrogen (secondary N) is 2. The van der Waals surface area contributed by atoms with Crippen molar-refractivity contribution >= 4 is 45.6 Å². The third-order valence-electron chi connectivity index (χ3n) is 6.39. The number of hydrazone groups is 1. The highest BCUT2D eigenvalue weighted by Crippen LogP contribution is 2.41. The van der Waals surface area contributed by atoms with Crippen molar-refractivity contribution in [3.05, 3.63) is 88.6 Å². The maximum absolute atomic E-state index is 13.6. The van der Waals surface area contributed by atoms with Crippen LogP contribution >= 0.6 is 0 Å². The third-order valence-corrected chi connectivity index (χ3v) is 6.39. The van der Waals surface area contributed by atoms with E-state index in [0.29, 0.717) is 23.3 Å². The molecule has 0 unspecified atom stereocenters. The summed E-state index contributed by atoms with van der Waals surface area (Å²) in [6.07, 6.45) is -2.54. The highest BCUT2D eigenvalue weighted by atomic mass is 19.4. The van der Waals surface area contributed by atoms with Crippen LogP contribution in [-0.2, 0) is 22.2 Å². The highest BCUT2D eigenvalue weighted by Gasteiger charge is 2.39. The van der Waals surface area contributed by atoms with Crippen molar-refractivity contribution in [2.75, 3.05) is 10.3 Å². The van der Waals surface area contributed by atoms with Crippen molar-refractivity contribution in [3.63, 3.8) is 0 Å². The molecule has 0 aliphatic carbocycles. The Morgan fingerprint density at radius 1 is 1.08 bits per heavy atom. The second-order valence-electron chi connectivity index (χ2n) is 9.22. The predicted octanol–water partition coefficient (Wildman–Crippen LogP) is 6.32. The van der Waals surface area contributed by atoms with Gasteiger partial charge in [-0.25, -0.2) is 0 Å². The van der Waals surface area contributed by atoms with Crippen molar-refractivity contribution in [3.8, 4) is 0 Å². The van der Waals surface area contributed by atoms with Crippen LogP contribution in [0.4, 0.5) is 30.2 Å². The summed E-state index contributed by atoms with van der Waals surface area (Å²) in [4.78, 5) is 28.9. The van der Waals surface area contributed by atoms with Crippen LogP contribution in [0, 0.1) is 13.8 Å². The standard InChI is InChI=1S/C28H23F3N4O3/c1-15-10-16(2)12-19(11-15)35-23-13-18(28(29,30)31)7-8-21(23)26(27(35)38)34-33-22-5-3-4-20-17(6-9-24(36)37)14-32-25(20)22/h3-5,7-8,10-14,32-33H,6,9H2,1-2H3,(H,36,37)/b34-26-. The summed E-state index contributed by atoms with van der Waals surface area (Å²) < 4.78 is 40.6. The Morgan fingerprint density at radius 2 is 1.82 bits per heavy atom. The van der Waals surface area contributed by atoms with E-state index >= 15 is 0 Å². The fraction of sp³-hybridized carbons (Fsp3) is 0.179. The second-order valence-corrected chi connectivity index (χ2v) is 9.22. The molecule has 0 saturated carbocycles. The number of alkyl halides is 3. The number of aromatic nitrogens is 1. The van der Waals surface area contributed by atoms with Gasteiger partial charge in [0.15, 0.2) is 5.71 Å². The molecule has 0 saturated heterocycles. The molecular formula is C28H23F3N4O3. The first-order valence-corrected chi connectivity index (χ1v) is 11.8. The average molecular weight is 521 g/mol. The zero-order chi connectivity index (χ0) is 27.2. The molecule has 4 aromatic rings. The molecule has 3 N–H and O–H groups in total. The number of nitrogens with zero attached hydrogens (tertiary/aromatic N) is 2. The largest absolute Gasteiger partial charge is 0.481 e. The maximum atomic E-state index is 13.6. The number of carboxylic acids is 1. The van der Waals surface area contributed by atoms with E-state index in [9.17, 15) is 22.8 Å². The van der Waals surface area contributed by atoms with Gasteiger partial charge in [0.25, 0.3) is 5.91 Å². The summed E-state index contributed by atoms with van der Waals surface area (Å²) in [7, 11) is 0. The van der Waals surface area contributed by atoms with E-state index in [4.69, 9.17) is 5.11 Å². The minimum atomic E-state index is -4.58. The molecule has 10 heteroatoms. The molecule has 3 aromatic carbocycles. The Morgan fingerprint density at radius 3 is 2.50 bits per heavy atom. The van der Waals surface area contributed by atoms with Crippen LogP contribution in [0.2, 0.25) is 0 Å². The number of carbonyl (C=O) groups is 2. The van der Waals surface area contributed by atoms with E-state index < -0.39 is 23.6 Å². The van der Waals surface area contributed by atoms with Crippen LogP contribution in [0.1, 0.15) is 34.2 Å². The molecular weight excluding hydrogens is 497 g/mol. The molecule has 7 nitrogen and oxygen atoms in total. The van der Waals surface area contributed by atoms with E-state index in [1.807, 2.05) is 26.0 Å². The fourth-order valence-corrected chi connectivity index (χ4v) is 4.74. The number of hydrogen-bond acceptors (Lipinski definition) is 4. The van der Waals surface area contributed by atoms with Crippen molar-refractivity contribution in [1.82, 2.24) is 4.98 Å². The number of aromatic amines is 1. The number of para-hydroxylation sites is 1. The Balaban J connectivity index is 1.56. The molecule has 0 spiro atoms. The maximum Gasteiger partial charge on any atom is 0.416 e. The van der Waals surface area contributed by atoms with Gasteiger partial charge >= 0.3 is 12.1 Å². The molecule has 1 aromatic heterocycles. The number of carbonyl (C=O) groups excluding carboxylic acids is 1. The molecule has 0 atom stereocenters. The van der Waals surface area contributed by atoms with Crippen LogP contribution in [0.25, 0.3) is 10.9 Å². The van der Waals surface area contributed by atoms with Crippen LogP contribution in [0.5, 0.6) is 0 Å². The SMILES string of the molecule is Cc1cc(C)cc(N2C(=O)/C(=N\Nc3cccc4c(CCC(=O)O)c[nH]c34)c3ccc(C(F)(F)F)cc32)c1. The fourth-order valence-electron chi connectivity index (χ4n) is 4.74. The van der Waals surface area contributed by atoms with Crippen LogP contribution in [-0.4, -0.2) is 27.7 Å². The van der Waals surface area contributed by atoms with Gasteiger partial charge in [-0.05, 0) is 73.4 Å². The number of aliphatic carboxylic acids is 1. The molecule has 0 bridgehead atoms. The zero-order valence-electron chi connectivity index (χ0n) is 20.5. The Kier molecular flexibility index (Phi) is 6.18. The van der Waals surface area contributed by atoms with Crippen molar-refractivity contribution in [2.45, 2.75) is 32.9 Å². The molecule has 2 heterocycles. The van der Waals surface area contributed by atoms with E-state index in [1.165, 1.54) is 11.0 Å². The van der Waals surface area contributed by atoms with E-state index in [0.717, 1.165) is 34.2 Å². The van der Waals surface area contributed by atoms with Gasteiger partial charge in [0, 0.05) is 29.3 Å². The number of rotatable bonds is 6. The summed E-state index contributed by atoms with van der Waals surface area (Å²) in [6, 6.07) is 13.9. The molecule has 1 aliphatic rings. The number of hydrogen-bond donors (Lipinski definition) is 3. The first-order chi connectivity index (χ1) is 18.0. The van der Waals surface area contributed by atoms with Crippen molar-refractivity contribution in [2.24, 2.45) is 5.10 Å². The summed E-state index contributed by atoms with van der Waals surface area (Å²) >= 11 is 0. The van der Waals surface area contributed by atoms with Gasteiger partial charge in [-0.3, -0.25) is 19.9 Å². The van der Waals surface area contributed by atoms with Crippen LogP contribution < -0.4 is 10.3 Å². The number of benzene rings is 3. The summed E-state index contributed by atoms with van der Waals surface area (Å²) in [5.74, 6) is -1.46. The molecule has 38 heavy (non-hydrogen) atoms. The summed E-state index contributed by atoms with van der Waals surface area (Å²) in [5.41, 5.74) is 6.57. The molecule has 194 valence electrons. The number of anilines is 3. The Bertz CT molecular complexity index is 1600. The minimum absolute atomic E-state index is 0.0214. The zero-order valence-corrected chi connectivity index (χ0v) is 20.5. The number of carboxylic acid groups (broad SMARTS) is 1. The van der Waals surface area contributed by atoms with E-state index in [2.05, 4.69) is 15.5 Å². The lowest BCUT2D eigenvalue weighted by atomic mass is 10.1. The lowest BCUT2D eigenvalue weighted by Crippen LogP contribution is -2.26. The first-order valence-electron chi connectivity index (χ1n) is 11.8. The average Bonchev–Trinajstić information content (AvgIpc) is 3.38. The molecule has 1 aliphatic heterocycles. The number of H-pyrrole nitrogens is 1. The number of fused-ring (bicyclic) bond motifs is 2. The lowest BCUT2D eigenvalue weighted by Gasteiger charge is -2.19. The topological polar surface area (TPSA) is 97.8 Å². The smallest absolute Gasteiger partial charge is 0.416 e. The normalized spacial score (nSPS) is 14.4. The van der Waals surface area contributed by atoms with Gasteiger partial charge in [-0.2, -0.15) is 18.3 Å². The number of amides is 1. The Hall–Kier alpha value is -4.60. The molecule has 5 rings (SSSR count). The van der Waals surface area contributed by atoms with E-state index in [-0.39, 0.29) is 23.4 Å². The minimum Gasteiger partial charge on any atom is -0.481 e. The first kappa shape index (κ1) is 25.1. The summed E-state index contributed by atoms with van der Waals surface area (Å²) in [6.45, 7) is 3.70. The van der Waals surface area contributed by atoms with Gasteiger partial charge in [0.05, 0.1) is 22.5 Å². The highest BCUT2D eigenvalue weighted by molar-refractivity contribution is 6.55. The quantitative estimate of drug-likeness (QED) is 0.259. The second kappa shape index (κ2) is 9.37. The van der Waals surface area contributed by atoms with Crippen molar-refractivity contribution in [1.29, 1.82) is 0 Å². The van der Waals surface area contributed by atoms with E-state index in [1.54, 1.807) is 30.5 Å². The van der Waals surface area contributed by atoms with Crippen LogP contribution in [0.15, 0.2) is 65.9 Å². The molecule has 0 fully saturated rings. The van der Waals surface area contributed by atoms with Crippen LogP contribution in [0.3, 0.4) is 0 Å². The molecule has 0 radical (unpaired) electrons. The van der Waals surface area contributed by atoms with Crippen molar-refractivity contribution < 1.29 is 27.9 Å². The van der Waals surface area contributed by atoms with Gasteiger partial charge in [-0.15, -0.1) is 0 Å². The molecule has 1 amide bonds. The van der Waals surface area contributed by atoms with Gasteiger partial charge in [0.2, 0.25) is 0 Å².